The Kier molecular flexibility index (Phi) is 5.46. The van der Waals surface area contributed by atoms with Crippen molar-refractivity contribution in [1.82, 2.24) is 5.32 Å². The van der Waals surface area contributed by atoms with Crippen molar-refractivity contribution >= 4 is 0 Å². The molecule has 0 amide bonds. The molecule has 0 aromatic rings. The minimum atomic E-state index is 0.479. The number of hydrogen-bond acceptors (Lipinski definition) is 2. The average Bonchev–Trinajstić information content (AvgIpc) is 2.26. The van der Waals surface area contributed by atoms with E-state index in [2.05, 4.69) is 33.1 Å². The molecule has 0 heterocycles. The summed E-state index contributed by atoms with van der Waals surface area (Å²) in [5.41, 5.74) is 0.972. The minimum Gasteiger partial charge on any atom is -0.385 e. The lowest BCUT2D eigenvalue weighted by atomic mass is 9.63. The van der Waals surface area contributed by atoms with E-state index in [4.69, 9.17) is 4.74 Å². The zero-order valence-corrected chi connectivity index (χ0v) is 12.4. The molecule has 102 valence electrons. The van der Waals surface area contributed by atoms with Gasteiger partial charge in [-0.2, -0.15) is 0 Å². The van der Waals surface area contributed by atoms with E-state index in [9.17, 15) is 0 Å². The van der Waals surface area contributed by atoms with E-state index >= 15 is 0 Å². The highest BCUT2D eigenvalue weighted by molar-refractivity contribution is 4.90. The Hall–Kier alpha value is -0.0800. The van der Waals surface area contributed by atoms with Crippen molar-refractivity contribution < 1.29 is 4.74 Å². The quantitative estimate of drug-likeness (QED) is 0.796. The highest BCUT2D eigenvalue weighted by Gasteiger charge is 2.37. The van der Waals surface area contributed by atoms with Crippen LogP contribution in [0.5, 0.6) is 0 Å². The molecular weight excluding hydrogens is 210 g/mol. The van der Waals surface area contributed by atoms with Crippen molar-refractivity contribution in [3.05, 3.63) is 0 Å². The molecule has 0 spiro atoms. The van der Waals surface area contributed by atoms with Crippen LogP contribution in [-0.2, 0) is 4.74 Å². The molecule has 2 heteroatoms. The van der Waals surface area contributed by atoms with E-state index in [1.165, 1.54) is 32.1 Å². The minimum absolute atomic E-state index is 0.479. The van der Waals surface area contributed by atoms with Gasteiger partial charge in [-0.25, -0.2) is 0 Å². The van der Waals surface area contributed by atoms with Gasteiger partial charge < -0.3 is 10.1 Å². The predicted octanol–water partition coefficient (Wildman–Crippen LogP) is 3.47. The van der Waals surface area contributed by atoms with E-state index in [1.54, 1.807) is 0 Å². The smallest absolute Gasteiger partial charge is 0.0468 e. The average molecular weight is 241 g/mol. The second-order valence-electron chi connectivity index (χ2n) is 6.91. The Labute approximate surface area is 108 Å². The molecule has 1 saturated carbocycles. The number of methoxy groups -OCH3 is 1. The third-order valence-electron chi connectivity index (χ3n) is 4.66. The zero-order valence-electron chi connectivity index (χ0n) is 12.4. The summed E-state index contributed by atoms with van der Waals surface area (Å²) in [5, 5.41) is 3.39. The fraction of sp³-hybridized carbons (Fsp3) is 1.00. The lowest BCUT2D eigenvalue weighted by Crippen LogP contribution is -2.39. The van der Waals surface area contributed by atoms with E-state index in [0.29, 0.717) is 10.8 Å². The molecule has 0 unspecified atom stereocenters. The molecule has 1 N–H and O–H groups in total. The molecule has 1 rings (SSSR count). The second-order valence-corrected chi connectivity index (χ2v) is 6.91. The zero-order chi connectivity index (χ0) is 12.9. The Morgan fingerprint density at radius 2 is 1.82 bits per heavy atom. The molecule has 0 bridgehead atoms. The molecule has 0 saturated heterocycles. The molecule has 0 aromatic carbocycles. The lowest BCUT2D eigenvalue weighted by molar-refractivity contribution is 0.0564. The Morgan fingerprint density at radius 1 is 1.24 bits per heavy atom. The van der Waals surface area contributed by atoms with Gasteiger partial charge in [0.25, 0.3) is 0 Å². The largest absolute Gasteiger partial charge is 0.385 e. The van der Waals surface area contributed by atoms with Crippen LogP contribution < -0.4 is 5.32 Å². The first-order valence-corrected chi connectivity index (χ1v) is 7.07. The van der Waals surface area contributed by atoms with Gasteiger partial charge in [-0.1, -0.05) is 20.8 Å². The predicted molar refractivity (Wildman–Crippen MR) is 74.3 cm³/mol. The molecule has 0 atom stereocenters. The maximum atomic E-state index is 5.28. The summed E-state index contributed by atoms with van der Waals surface area (Å²) >= 11 is 0. The Morgan fingerprint density at radius 3 is 2.24 bits per heavy atom. The third kappa shape index (κ3) is 4.26. The molecule has 0 radical (unpaired) electrons. The normalized spacial score (nSPS) is 30.5. The van der Waals surface area contributed by atoms with E-state index in [-0.39, 0.29) is 0 Å². The standard InChI is InChI=1S/C15H31NO/c1-14(2,3)13-6-8-15(9-7-13,12-16-4)10-11-17-5/h13,16H,6-12H2,1-5H3. The summed E-state index contributed by atoms with van der Waals surface area (Å²) in [5.74, 6) is 0.898. The van der Waals surface area contributed by atoms with Crippen molar-refractivity contribution in [2.45, 2.75) is 52.9 Å². The summed E-state index contributed by atoms with van der Waals surface area (Å²) < 4.78 is 5.28. The first-order valence-electron chi connectivity index (χ1n) is 7.07. The van der Waals surface area contributed by atoms with Crippen LogP contribution >= 0.6 is 0 Å². The SMILES string of the molecule is CNCC1(CCOC)CCC(C(C)(C)C)CC1. The summed E-state index contributed by atoms with van der Waals surface area (Å²) in [4.78, 5) is 0. The topological polar surface area (TPSA) is 21.3 Å². The number of nitrogens with one attached hydrogen (secondary N) is 1. The molecule has 0 aliphatic heterocycles. The van der Waals surface area contributed by atoms with E-state index in [1.807, 2.05) is 7.11 Å². The van der Waals surface area contributed by atoms with Crippen LogP contribution in [0.15, 0.2) is 0 Å². The summed E-state index contributed by atoms with van der Waals surface area (Å²) in [7, 11) is 3.89. The number of hydrogen-bond donors (Lipinski definition) is 1. The number of ether oxygens (including phenoxy) is 1. The van der Waals surface area contributed by atoms with Crippen molar-refractivity contribution in [3.8, 4) is 0 Å². The van der Waals surface area contributed by atoms with Crippen LogP contribution in [0.3, 0.4) is 0 Å². The molecule has 1 aliphatic carbocycles. The highest BCUT2D eigenvalue weighted by Crippen LogP contribution is 2.46. The van der Waals surface area contributed by atoms with Gasteiger partial charge in [0.2, 0.25) is 0 Å². The molecule has 1 fully saturated rings. The van der Waals surface area contributed by atoms with E-state index in [0.717, 1.165) is 19.1 Å². The van der Waals surface area contributed by atoms with Gasteiger partial charge in [0.15, 0.2) is 0 Å². The van der Waals surface area contributed by atoms with Crippen LogP contribution in [0.25, 0.3) is 0 Å². The fourth-order valence-corrected chi connectivity index (χ4v) is 3.30. The van der Waals surface area contributed by atoms with Crippen molar-refractivity contribution in [2.75, 3.05) is 27.3 Å². The van der Waals surface area contributed by atoms with Gasteiger partial charge in [0.1, 0.15) is 0 Å². The highest BCUT2D eigenvalue weighted by atomic mass is 16.5. The Bertz CT molecular complexity index is 211. The fourth-order valence-electron chi connectivity index (χ4n) is 3.30. The van der Waals surface area contributed by atoms with Crippen molar-refractivity contribution in [3.63, 3.8) is 0 Å². The monoisotopic (exact) mass is 241 g/mol. The second kappa shape index (κ2) is 6.19. The van der Waals surface area contributed by atoms with Crippen LogP contribution in [0.1, 0.15) is 52.9 Å². The maximum Gasteiger partial charge on any atom is 0.0468 e. The molecule has 17 heavy (non-hydrogen) atoms. The first-order chi connectivity index (χ1) is 7.93. The van der Waals surface area contributed by atoms with Gasteiger partial charge in [-0.15, -0.1) is 0 Å². The van der Waals surface area contributed by atoms with Gasteiger partial charge in [-0.3, -0.25) is 0 Å². The van der Waals surface area contributed by atoms with Gasteiger partial charge in [0, 0.05) is 20.3 Å². The summed E-state index contributed by atoms with van der Waals surface area (Å²) in [6.07, 6.45) is 6.70. The molecule has 2 nitrogen and oxygen atoms in total. The van der Waals surface area contributed by atoms with Crippen molar-refractivity contribution in [1.29, 1.82) is 0 Å². The Balaban J connectivity index is 2.54. The van der Waals surface area contributed by atoms with Crippen LogP contribution in [0, 0.1) is 16.7 Å². The summed E-state index contributed by atoms with van der Waals surface area (Å²) in [6.45, 7) is 9.21. The van der Waals surface area contributed by atoms with Gasteiger partial charge in [-0.05, 0) is 55.9 Å². The molecule has 1 aliphatic rings. The molecule has 0 aromatic heterocycles. The first kappa shape index (κ1) is 15.0. The van der Waals surface area contributed by atoms with Gasteiger partial charge in [0.05, 0.1) is 0 Å². The van der Waals surface area contributed by atoms with Crippen LogP contribution in [-0.4, -0.2) is 27.3 Å². The van der Waals surface area contributed by atoms with Crippen LogP contribution in [0.2, 0.25) is 0 Å². The maximum absolute atomic E-state index is 5.28. The van der Waals surface area contributed by atoms with Crippen molar-refractivity contribution in [2.24, 2.45) is 16.7 Å². The summed E-state index contributed by atoms with van der Waals surface area (Å²) in [6, 6.07) is 0. The van der Waals surface area contributed by atoms with Crippen LogP contribution in [0.4, 0.5) is 0 Å². The number of rotatable bonds is 5. The third-order valence-corrected chi connectivity index (χ3v) is 4.66. The van der Waals surface area contributed by atoms with E-state index < -0.39 is 0 Å². The molecular formula is C15H31NO. The van der Waals surface area contributed by atoms with Gasteiger partial charge >= 0.3 is 0 Å². The lowest BCUT2D eigenvalue weighted by Gasteiger charge is -2.44.